The van der Waals surface area contributed by atoms with Gasteiger partial charge in [0.25, 0.3) is 5.91 Å². The summed E-state index contributed by atoms with van der Waals surface area (Å²) in [4.78, 5) is 13.4. The van der Waals surface area contributed by atoms with Gasteiger partial charge in [-0.3, -0.25) is 4.79 Å². The molecule has 1 aliphatic heterocycles. The van der Waals surface area contributed by atoms with Crippen LogP contribution in [0.5, 0.6) is 0 Å². The normalized spacial score (nSPS) is 30.5. The summed E-state index contributed by atoms with van der Waals surface area (Å²) in [6.45, 7) is 1.86. The van der Waals surface area contributed by atoms with Crippen LogP contribution < -0.4 is 0 Å². The molecular formula is C11H11BrFNO. The summed E-state index contributed by atoms with van der Waals surface area (Å²) in [5.74, 6) is -0.333. The van der Waals surface area contributed by atoms with Crippen molar-refractivity contribution in [3.63, 3.8) is 0 Å². The number of carbonyl (C=O) groups is 1. The van der Waals surface area contributed by atoms with Gasteiger partial charge >= 0.3 is 0 Å². The molecule has 0 radical (unpaired) electrons. The fourth-order valence-corrected chi connectivity index (χ4v) is 2.54. The van der Waals surface area contributed by atoms with Crippen LogP contribution >= 0.6 is 15.9 Å². The molecular weight excluding hydrogens is 261 g/mol. The van der Waals surface area contributed by atoms with Gasteiger partial charge in [-0.25, -0.2) is 4.39 Å². The Hall–Kier alpha value is -0.900. The highest BCUT2D eigenvalue weighted by molar-refractivity contribution is 9.12. The fourth-order valence-electron chi connectivity index (χ4n) is 1.99. The van der Waals surface area contributed by atoms with Gasteiger partial charge in [-0.1, -0.05) is 6.08 Å². The molecule has 2 unspecified atom stereocenters. The van der Waals surface area contributed by atoms with Gasteiger partial charge in [0.2, 0.25) is 0 Å². The van der Waals surface area contributed by atoms with Crippen LogP contribution in [-0.4, -0.2) is 23.9 Å². The van der Waals surface area contributed by atoms with Crippen molar-refractivity contribution in [2.75, 3.05) is 7.05 Å². The predicted octanol–water partition coefficient (Wildman–Crippen LogP) is 2.54. The van der Waals surface area contributed by atoms with Crippen molar-refractivity contribution in [2.45, 2.75) is 13.0 Å². The van der Waals surface area contributed by atoms with E-state index in [1.807, 2.05) is 6.92 Å². The summed E-state index contributed by atoms with van der Waals surface area (Å²) >= 11 is 3.25. The summed E-state index contributed by atoms with van der Waals surface area (Å²) in [6, 6.07) is -0.0571. The highest BCUT2D eigenvalue weighted by Gasteiger charge is 2.36. The SMILES string of the molecule is CC1=C(Br)C(=O)N(C)C2C=CC(F)=CC12. The maximum absolute atomic E-state index is 13.1. The zero-order valence-electron chi connectivity index (χ0n) is 8.50. The van der Waals surface area contributed by atoms with E-state index in [9.17, 15) is 9.18 Å². The molecule has 1 amide bonds. The molecule has 0 saturated heterocycles. The second-order valence-electron chi connectivity index (χ2n) is 3.84. The lowest BCUT2D eigenvalue weighted by molar-refractivity contribution is -0.127. The van der Waals surface area contributed by atoms with Gasteiger partial charge in [0.1, 0.15) is 5.83 Å². The molecule has 2 rings (SSSR count). The minimum Gasteiger partial charge on any atom is -0.334 e. The van der Waals surface area contributed by atoms with Gasteiger partial charge in [0.05, 0.1) is 10.5 Å². The third kappa shape index (κ3) is 1.57. The quantitative estimate of drug-likeness (QED) is 0.663. The summed E-state index contributed by atoms with van der Waals surface area (Å²) in [5, 5.41) is 0. The molecule has 0 bridgehead atoms. The average Bonchev–Trinajstić information content (AvgIpc) is 2.23. The van der Waals surface area contributed by atoms with E-state index in [2.05, 4.69) is 15.9 Å². The van der Waals surface area contributed by atoms with E-state index in [1.165, 1.54) is 6.08 Å². The van der Waals surface area contributed by atoms with Crippen molar-refractivity contribution >= 4 is 21.8 Å². The van der Waals surface area contributed by atoms with Crippen molar-refractivity contribution < 1.29 is 9.18 Å². The van der Waals surface area contributed by atoms with Crippen LogP contribution in [0.25, 0.3) is 0 Å². The third-order valence-electron chi connectivity index (χ3n) is 2.96. The van der Waals surface area contributed by atoms with Gasteiger partial charge in [-0.05, 0) is 40.6 Å². The van der Waals surface area contributed by atoms with Crippen molar-refractivity contribution in [1.82, 2.24) is 4.90 Å². The molecule has 0 aromatic rings. The molecule has 1 heterocycles. The topological polar surface area (TPSA) is 20.3 Å². The minimum absolute atomic E-state index is 0.0471. The van der Waals surface area contributed by atoms with Gasteiger partial charge in [-0.15, -0.1) is 0 Å². The Balaban J connectivity index is 2.49. The third-order valence-corrected chi connectivity index (χ3v) is 3.93. The minimum atomic E-state index is -0.237. The fraction of sp³-hybridized carbons (Fsp3) is 0.364. The number of carbonyl (C=O) groups excluding carboxylic acids is 1. The van der Waals surface area contributed by atoms with E-state index < -0.39 is 0 Å². The zero-order chi connectivity index (χ0) is 11.2. The summed E-state index contributed by atoms with van der Waals surface area (Å²) in [7, 11) is 1.73. The lowest BCUT2D eigenvalue weighted by Crippen LogP contribution is -2.45. The standard InChI is InChI=1S/C11H11BrFNO/c1-6-8-5-7(13)3-4-9(8)14(2)11(15)10(6)12/h3-5,8-9H,1-2H3. The van der Waals surface area contributed by atoms with Crippen LogP contribution in [0.4, 0.5) is 4.39 Å². The van der Waals surface area contributed by atoms with E-state index in [4.69, 9.17) is 0 Å². The molecule has 1 aliphatic carbocycles. The van der Waals surface area contributed by atoms with Crippen molar-refractivity contribution in [3.05, 3.63) is 34.1 Å². The highest BCUT2D eigenvalue weighted by Crippen LogP contribution is 2.36. The number of rotatable bonds is 0. The van der Waals surface area contributed by atoms with E-state index >= 15 is 0 Å². The molecule has 0 fully saturated rings. The van der Waals surface area contributed by atoms with E-state index in [-0.39, 0.29) is 23.7 Å². The summed E-state index contributed by atoms with van der Waals surface area (Å²) in [6.07, 6.45) is 4.71. The van der Waals surface area contributed by atoms with Gasteiger partial charge < -0.3 is 4.90 Å². The number of likely N-dealkylation sites (N-methyl/N-ethyl adjacent to an activating group) is 1. The van der Waals surface area contributed by atoms with Crippen LogP contribution in [0.2, 0.25) is 0 Å². The Labute approximate surface area is 96.3 Å². The van der Waals surface area contributed by atoms with Crippen molar-refractivity contribution in [2.24, 2.45) is 5.92 Å². The first-order valence-electron chi connectivity index (χ1n) is 4.71. The lowest BCUT2D eigenvalue weighted by Gasteiger charge is -2.38. The second-order valence-corrected chi connectivity index (χ2v) is 4.63. The Kier molecular flexibility index (Phi) is 2.54. The van der Waals surface area contributed by atoms with Crippen LogP contribution in [0.1, 0.15) is 6.92 Å². The van der Waals surface area contributed by atoms with Gasteiger partial charge in [0, 0.05) is 13.0 Å². The molecule has 4 heteroatoms. The van der Waals surface area contributed by atoms with E-state index in [0.717, 1.165) is 5.57 Å². The van der Waals surface area contributed by atoms with E-state index in [1.54, 1.807) is 24.1 Å². The number of hydrogen-bond acceptors (Lipinski definition) is 1. The van der Waals surface area contributed by atoms with Crippen LogP contribution in [0, 0.1) is 5.92 Å². The smallest absolute Gasteiger partial charge is 0.261 e. The molecule has 2 aliphatic rings. The number of fused-ring (bicyclic) bond motifs is 1. The second kappa shape index (κ2) is 3.59. The Morgan fingerprint density at radius 3 is 2.87 bits per heavy atom. The molecule has 0 aromatic carbocycles. The molecule has 0 saturated carbocycles. The van der Waals surface area contributed by atoms with Gasteiger partial charge in [0.15, 0.2) is 0 Å². The van der Waals surface area contributed by atoms with Crippen LogP contribution in [0.3, 0.4) is 0 Å². The summed E-state index contributed by atoms with van der Waals surface area (Å²) in [5.41, 5.74) is 0.891. The van der Waals surface area contributed by atoms with Crippen molar-refractivity contribution in [3.8, 4) is 0 Å². The van der Waals surface area contributed by atoms with Crippen LogP contribution in [0.15, 0.2) is 34.1 Å². The molecule has 2 nitrogen and oxygen atoms in total. The number of nitrogens with zero attached hydrogens (tertiary/aromatic N) is 1. The molecule has 80 valence electrons. The molecule has 0 N–H and O–H groups in total. The summed E-state index contributed by atoms with van der Waals surface area (Å²) < 4.78 is 13.7. The number of halogens is 2. The number of allylic oxidation sites excluding steroid dienone is 2. The maximum atomic E-state index is 13.1. The maximum Gasteiger partial charge on any atom is 0.261 e. The Morgan fingerprint density at radius 1 is 1.53 bits per heavy atom. The Bertz CT molecular complexity index is 411. The number of hydrogen-bond donors (Lipinski definition) is 0. The first kappa shape index (κ1) is 10.6. The molecule has 15 heavy (non-hydrogen) atoms. The largest absolute Gasteiger partial charge is 0.334 e. The monoisotopic (exact) mass is 271 g/mol. The first-order chi connectivity index (χ1) is 7.02. The molecule has 0 spiro atoms. The van der Waals surface area contributed by atoms with Crippen LogP contribution in [-0.2, 0) is 4.79 Å². The van der Waals surface area contributed by atoms with Crippen molar-refractivity contribution in [1.29, 1.82) is 0 Å². The lowest BCUT2D eigenvalue weighted by atomic mass is 9.84. The molecule has 0 aromatic heterocycles. The zero-order valence-corrected chi connectivity index (χ0v) is 10.1. The Morgan fingerprint density at radius 2 is 2.20 bits per heavy atom. The first-order valence-corrected chi connectivity index (χ1v) is 5.50. The predicted molar refractivity (Wildman–Crippen MR) is 60.0 cm³/mol. The number of amides is 1. The molecule has 2 atom stereocenters. The highest BCUT2D eigenvalue weighted by atomic mass is 79.9. The average molecular weight is 272 g/mol. The van der Waals surface area contributed by atoms with E-state index in [0.29, 0.717) is 4.48 Å². The van der Waals surface area contributed by atoms with Gasteiger partial charge in [-0.2, -0.15) is 0 Å².